The van der Waals surface area contributed by atoms with Gasteiger partial charge < -0.3 is 4.74 Å². The molecule has 1 nitrogen and oxygen atoms in total. The second-order valence-corrected chi connectivity index (χ2v) is 4.03. The van der Waals surface area contributed by atoms with Gasteiger partial charge in [-0.1, -0.05) is 36.4 Å². The van der Waals surface area contributed by atoms with E-state index < -0.39 is 0 Å². The number of rotatable bonds is 2. The molecular formula is C16H13O. The van der Waals surface area contributed by atoms with Gasteiger partial charge in [-0.3, -0.25) is 0 Å². The minimum atomic E-state index is 0.450. The van der Waals surface area contributed by atoms with Gasteiger partial charge in [0.2, 0.25) is 0 Å². The molecule has 0 unspecified atom stereocenters. The lowest BCUT2D eigenvalue weighted by atomic mass is 10.0. The van der Waals surface area contributed by atoms with Crippen molar-refractivity contribution < 1.29 is 4.74 Å². The lowest BCUT2D eigenvalue weighted by molar-refractivity contribution is 0.365. The van der Waals surface area contributed by atoms with Gasteiger partial charge in [0.15, 0.2) is 0 Å². The summed E-state index contributed by atoms with van der Waals surface area (Å²) in [6.45, 7) is 4.18. The SMILES string of the molecule is [CH2]COc1cccc2cc3ccccc3cc12. The molecule has 0 aliphatic carbocycles. The molecule has 1 heteroatoms. The van der Waals surface area contributed by atoms with Crippen molar-refractivity contribution in [2.75, 3.05) is 6.61 Å². The number of ether oxygens (including phenoxy) is 1. The zero-order valence-corrected chi connectivity index (χ0v) is 9.52. The van der Waals surface area contributed by atoms with Crippen LogP contribution in [0.15, 0.2) is 54.6 Å². The number of fused-ring (bicyclic) bond motifs is 2. The van der Waals surface area contributed by atoms with Gasteiger partial charge in [0.25, 0.3) is 0 Å². The van der Waals surface area contributed by atoms with E-state index in [1.54, 1.807) is 0 Å². The van der Waals surface area contributed by atoms with E-state index in [4.69, 9.17) is 4.74 Å². The standard InChI is InChI=1S/C16H13O/c1-2-17-16-9-5-8-14-10-12-6-3-4-7-13(12)11-15(14)16/h3-11H,1-2H2. The fourth-order valence-corrected chi connectivity index (χ4v) is 2.17. The van der Waals surface area contributed by atoms with Crippen LogP contribution in [0, 0.1) is 6.92 Å². The first-order chi connectivity index (χ1) is 8.38. The molecule has 17 heavy (non-hydrogen) atoms. The van der Waals surface area contributed by atoms with Crippen LogP contribution in [0.5, 0.6) is 5.75 Å². The van der Waals surface area contributed by atoms with Crippen LogP contribution in [0.3, 0.4) is 0 Å². The highest BCUT2D eigenvalue weighted by Gasteiger charge is 2.02. The van der Waals surface area contributed by atoms with Gasteiger partial charge >= 0.3 is 0 Å². The summed E-state index contributed by atoms with van der Waals surface area (Å²) in [7, 11) is 0. The van der Waals surface area contributed by atoms with Gasteiger partial charge in [-0.15, -0.1) is 0 Å². The predicted octanol–water partition coefficient (Wildman–Crippen LogP) is 4.21. The molecule has 1 radical (unpaired) electrons. The van der Waals surface area contributed by atoms with Crippen LogP contribution in [0.25, 0.3) is 21.5 Å². The van der Waals surface area contributed by atoms with Crippen molar-refractivity contribution in [2.24, 2.45) is 0 Å². The van der Waals surface area contributed by atoms with E-state index in [-0.39, 0.29) is 0 Å². The smallest absolute Gasteiger partial charge is 0.127 e. The third kappa shape index (κ3) is 1.74. The molecular weight excluding hydrogens is 208 g/mol. The largest absolute Gasteiger partial charge is 0.493 e. The summed E-state index contributed by atoms with van der Waals surface area (Å²) in [4.78, 5) is 0. The van der Waals surface area contributed by atoms with Gasteiger partial charge in [0.1, 0.15) is 5.75 Å². The summed E-state index contributed by atoms with van der Waals surface area (Å²) in [6, 6.07) is 18.8. The molecule has 0 aromatic heterocycles. The van der Waals surface area contributed by atoms with Crippen molar-refractivity contribution in [1.29, 1.82) is 0 Å². The number of hydrogen-bond donors (Lipinski definition) is 0. The van der Waals surface area contributed by atoms with Gasteiger partial charge in [-0.25, -0.2) is 0 Å². The molecule has 3 rings (SSSR count). The minimum Gasteiger partial charge on any atom is -0.493 e. The lowest BCUT2D eigenvalue weighted by Gasteiger charge is -2.08. The van der Waals surface area contributed by atoms with Crippen molar-refractivity contribution in [1.82, 2.24) is 0 Å². The Balaban J connectivity index is 2.35. The molecule has 0 heterocycles. The Bertz CT molecular complexity index is 670. The summed E-state index contributed by atoms with van der Waals surface area (Å²) in [5.74, 6) is 0.906. The van der Waals surface area contributed by atoms with Crippen LogP contribution in [0.4, 0.5) is 0 Å². The lowest BCUT2D eigenvalue weighted by Crippen LogP contribution is -1.92. The zero-order chi connectivity index (χ0) is 11.7. The molecule has 0 spiro atoms. The van der Waals surface area contributed by atoms with Gasteiger partial charge in [-0.05, 0) is 41.3 Å². The second-order valence-electron chi connectivity index (χ2n) is 4.03. The summed E-state index contributed by atoms with van der Waals surface area (Å²) in [6.07, 6.45) is 0. The Morgan fingerprint density at radius 2 is 1.53 bits per heavy atom. The predicted molar refractivity (Wildman–Crippen MR) is 72.3 cm³/mol. The van der Waals surface area contributed by atoms with E-state index in [0.29, 0.717) is 6.61 Å². The molecule has 0 saturated carbocycles. The summed E-state index contributed by atoms with van der Waals surface area (Å²) >= 11 is 0. The Kier molecular flexibility index (Phi) is 2.45. The fraction of sp³-hybridized carbons (Fsp3) is 0.0625. The molecule has 3 aromatic rings. The average Bonchev–Trinajstić information content (AvgIpc) is 2.37. The molecule has 0 aliphatic rings. The monoisotopic (exact) mass is 221 g/mol. The van der Waals surface area contributed by atoms with E-state index >= 15 is 0 Å². The summed E-state index contributed by atoms with van der Waals surface area (Å²) in [5, 5.41) is 4.84. The van der Waals surface area contributed by atoms with Gasteiger partial charge in [-0.2, -0.15) is 0 Å². The highest BCUT2D eigenvalue weighted by Crippen LogP contribution is 2.29. The van der Waals surface area contributed by atoms with Crippen molar-refractivity contribution in [3.8, 4) is 5.75 Å². The molecule has 0 atom stereocenters. The van der Waals surface area contributed by atoms with Gasteiger partial charge in [0, 0.05) is 5.39 Å². The van der Waals surface area contributed by atoms with Crippen molar-refractivity contribution >= 4 is 21.5 Å². The molecule has 0 fully saturated rings. The van der Waals surface area contributed by atoms with E-state index in [9.17, 15) is 0 Å². The first kappa shape index (κ1) is 10.2. The minimum absolute atomic E-state index is 0.450. The summed E-state index contributed by atoms with van der Waals surface area (Å²) in [5.41, 5.74) is 0. The average molecular weight is 221 g/mol. The molecule has 3 aromatic carbocycles. The molecule has 0 N–H and O–H groups in total. The van der Waals surface area contributed by atoms with Crippen LogP contribution < -0.4 is 4.74 Å². The fourth-order valence-electron chi connectivity index (χ4n) is 2.17. The van der Waals surface area contributed by atoms with Crippen molar-refractivity contribution in [3.63, 3.8) is 0 Å². The normalized spacial score (nSPS) is 10.9. The Labute approximate surface area is 101 Å². The maximum atomic E-state index is 5.56. The van der Waals surface area contributed by atoms with Crippen molar-refractivity contribution in [3.05, 3.63) is 61.5 Å². The molecule has 83 valence electrons. The van der Waals surface area contributed by atoms with Crippen LogP contribution in [-0.4, -0.2) is 6.61 Å². The van der Waals surface area contributed by atoms with Crippen LogP contribution >= 0.6 is 0 Å². The first-order valence-electron chi connectivity index (χ1n) is 5.72. The topological polar surface area (TPSA) is 9.23 Å². The highest BCUT2D eigenvalue weighted by molar-refractivity contribution is 6.00. The van der Waals surface area contributed by atoms with Crippen LogP contribution in [0.1, 0.15) is 0 Å². The maximum absolute atomic E-state index is 5.56. The van der Waals surface area contributed by atoms with Gasteiger partial charge in [0.05, 0.1) is 6.61 Å². The molecule has 0 saturated heterocycles. The maximum Gasteiger partial charge on any atom is 0.127 e. The number of hydrogen-bond acceptors (Lipinski definition) is 1. The number of benzene rings is 3. The summed E-state index contributed by atoms with van der Waals surface area (Å²) < 4.78 is 5.56. The van der Waals surface area contributed by atoms with E-state index in [1.165, 1.54) is 16.2 Å². The van der Waals surface area contributed by atoms with E-state index in [0.717, 1.165) is 11.1 Å². The van der Waals surface area contributed by atoms with E-state index in [1.807, 2.05) is 12.1 Å². The molecule has 0 amide bonds. The highest BCUT2D eigenvalue weighted by atomic mass is 16.5. The third-order valence-electron chi connectivity index (χ3n) is 2.96. The Hall–Kier alpha value is -2.02. The van der Waals surface area contributed by atoms with Crippen molar-refractivity contribution in [2.45, 2.75) is 0 Å². The van der Waals surface area contributed by atoms with Crippen LogP contribution in [0.2, 0.25) is 0 Å². The second kappa shape index (κ2) is 4.10. The third-order valence-corrected chi connectivity index (χ3v) is 2.96. The Morgan fingerprint density at radius 1 is 0.824 bits per heavy atom. The Morgan fingerprint density at radius 3 is 2.29 bits per heavy atom. The molecule has 0 aliphatic heterocycles. The molecule has 0 bridgehead atoms. The first-order valence-corrected chi connectivity index (χ1v) is 5.72. The zero-order valence-electron chi connectivity index (χ0n) is 9.52. The van der Waals surface area contributed by atoms with E-state index in [2.05, 4.69) is 49.4 Å². The van der Waals surface area contributed by atoms with Crippen LogP contribution in [-0.2, 0) is 0 Å². The quantitative estimate of drug-likeness (QED) is 0.589.